The molecule has 2 atom stereocenters. The molecule has 2 aromatic rings. The number of aromatic nitrogens is 2. The van der Waals surface area contributed by atoms with Gasteiger partial charge in [0.05, 0.1) is 5.52 Å². The van der Waals surface area contributed by atoms with Crippen molar-refractivity contribution >= 4 is 11.0 Å². The van der Waals surface area contributed by atoms with Gasteiger partial charge in [-0.3, -0.25) is 0 Å². The number of para-hydroxylation sites is 1. The molecule has 4 heteroatoms. The lowest BCUT2D eigenvalue weighted by Gasteiger charge is -2.39. The van der Waals surface area contributed by atoms with Gasteiger partial charge < -0.3 is 10.3 Å². The van der Waals surface area contributed by atoms with E-state index in [2.05, 4.69) is 23.4 Å². The number of hydrogen-bond acceptors (Lipinski definition) is 2. The van der Waals surface area contributed by atoms with Gasteiger partial charge in [-0.2, -0.15) is 0 Å². The van der Waals surface area contributed by atoms with E-state index in [4.69, 9.17) is 5.73 Å². The largest absolute Gasteiger partial charge is 0.328 e. The summed E-state index contributed by atoms with van der Waals surface area (Å²) in [5.74, 6) is 0.705. The molecule has 1 aliphatic carbocycles. The SMILES string of the molecule is CCn1c(C2(C)CCCCC2N)nc2c(F)cccc21. The van der Waals surface area contributed by atoms with E-state index in [1.54, 1.807) is 6.07 Å². The summed E-state index contributed by atoms with van der Waals surface area (Å²) in [5, 5.41) is 0. The molecule has 0 radical (unpaired) electrons. The van der Waals surface area contributed by atoms with Crippen LogP contribution in [0.5, 0.6) is 0 Å². The van der Waals surface area contributed by atoms with E-state index in [1.807, 2.05) is 6.07 Å². The summed E-state index contributed by atoms with van der Waals surface area (Å²) in [6.45, 7) is 5.05. The number of hydrogen-bond donors (Lipinski definition) is 1. The summed E-state index contributed by atoms with van der Waals surface area (Å²) in [6, 6.07) is 5.26. The first-order chi connectivity index (χ1) is 9.58. The molecule has 1 aromatic heterocycles. The molecule has 2 unspecified atom stereocenters. The lowest BCUT2D eigenvalue weighted by atomic mass is 9.71. The molecule has 1 fully saturated rings. The van der Waals surface area contributed by atoms with Gasteiger partial charge in [0.15, 0.2) is 5.82 Å². The van der Waals surface area contributed by atoms with Crippen LogP contribution in [0.1, 0.15) is 45.4 Å². The molecule has 1 heterocycles. The van der Waals surface area contributed by atoms with Gasteiger partial charge in [-0.25, -0.2) is 9.37 Å². The third-order valence-electron chi connectivity index (χ3n) is 4.84. The van der Waals surface area contributed by atoms with Crippen LogP contribution in [0, 0.1) is 5.82 Å². The molecule has 3 nitrogen and oxygen atoms in total. The number of nitrogens with zero attached hydrogens (tertiary/aromatic N) is 2. The molecular formula is C16H22FN3. The van der Waals surface area contributed by atoms with Crippen molar-refractivity contribution in [1.82, 2.24) is 9.55 Å². The molecule has 0 aliphatic heterocycles. The van der Waals surface area contributed by atoms with Crippen LogP contribution in [0.4, 0.5) is 4.39 Å². The molecule has 20 heavy (non-hydrogen) atoms. The van der Waals surface area contributed by atoms with Crippen LogP contribution in [0.25, 0.3) is 11.0 Å². The first-order valence-corrected chi connectivity index (χ1v) is 7.48. The Bertz CT molecular complexity index is 634. The van der Waals surface area contributed by atoms with Crippen molar-refractivity contribution in [2.24, 2.45) is 5.73 Å². The maximum atomic E-state index is 14.0. The van der Waals surface area contributed by atoms with E-state index in [1.165, 1.54) is 18.9 Å². The van der Waals surface area contributed by atoms with Gasteiger partial charge in [0, 0.05) is 18.0 Å². The van der Waals surface area contributed by atoms with Crippen LogP contribution in [-0.2, 0) is 12.0 Å². The third-order valence-corrected chi connectivity index (χ3v) is 4.84. The Morgan fingerprint density at radius 2 is 2.25 bits per heavy atom. The van der Waals surface area contributed by atoms with Gasteiger partial charge in [-0.1, -0.05) is 25.8 Å². The van der Waals surface area contributed by atoms with Gasteiger partial charge in [-0.15, -0.1) is 0 Å². The summed E-state index contributed by atoms with van der Waals surface area (Å²) in [7, 11) is 0. The number of aryl methyl sites for hydroxylation is 1. The second-order valence-electron chi connectivity index (χ2n) is 6.06. The average molecular weight is 275 g/mol. The normalized spacial score (nSPS) is 27.1. The van der Waals surface area contributed by atoms with Gasteiger partial charge >= 0.3 is 0 Å². The van der Waals surface area contributed by atoms with Crippen LogP contribution in [0.3, 0.4) is 0 Å². The lowest BCUT2D eigenvalue weighted by Crippen LogP contribution is -2.47. The van der Waals surface area contributed by atoms with E-state index in [9.17, 15) is 4.39 Å². The maximum absolute atomic E-state index is 14.0. The monoisotopic (exact) mass is 275 g/mol. The van der Waals surface area contributed by atoms with Crippen molar-refractivity contribution in [2.45, 2.75) is 57.5 Å². The summed E-state index contributed by atoms with van der Waals surface area (Å²) < 4.78 is 16.1. The van der Waals surface area contributed by atoms with E-state index >= 15 is 0 Å². The van der Waals surface area contributed by atoms with E-state index in [0.29, 0.717) is 5.52 Å². The fourth-order valence-electron chi connectivity index (χ4n) is 3.51. The standard InChI is InChI=1S/C16H22FN3/c1-3-20-12-8-6-7-11(17)14(12)19-15(20)16(2)10-5-4-9-13(16)18/h6-8,13H,3-5,9-10,18H2,1-2H3. The molecule has 0 saturated heterocycles. The quantitative estimate of drug-likeness (QED) is 0.913. The number of nitrogens with two attached hydrogens (primary N) is 1. The van der Waals surface area contributed by atoms with Gasteiger partial charge in [0.2, 0.25) is 0 Å². The molecule has 0 bridgehead atoms. The first-order valence-electron chi connectivity index (χ1n) is 7.48. The van der Waals surface area contributed by atoms with Crippen LogP contribution < -0.4 is 5.73 Å². The number of fused-ring (bicyclic) bond motifs is 1. The summed E-state index contributed by atoms with van der Waals surface area (Å²) in [5.41, 5.74) is 7.58. The fourth-order valence-corrected chi connectivity index (χ4v) is 3.51. The van der Waals surface area contributed by atoms with Crippen molar-refractivity contribution < 1.29 is 4.39 Å². The van der Waals surface area contributed by atoms with Crippen LogP contribution in [0.2, 0.25) is 0 Å². The highest BCUT2D eigenvalue weighted by atomic mass is 19.1. The molecule has 1 saturated carbocycles. The minimum absolute atomic E-state index is 0.0985. The highest BCUT2D eigenvalue weighted by Crippen LogP contribution is 2.39. The zero-order valence-electron chi connectivity index (χ0n) is 12.2. The van der Waals surface area contributed by atoms with E-state index in [-0.39, 0.29) is 17.3 Å². The first kappa shape index (κ1) is 13.6. The Hall–Kier alpha value is -1.42. The molecular weight excluding hydrogens is 253 g/mol. The molecule has 1 aromatic carbocycles. The van der Waals surface area contributed by atoms with Gasteiger partial charge in [0.1, 0.15) is 11.3 Å². The number of imidazole rings is 1. The van der Waals surface area contributed by atoms with Crippen LogP contribution in [0.15, 0.2) is 18.2 Å². The summed E-state index contributed by atoms with van der Waals surface area (Å²) in [4.78, 5) is 4.64. The topological polar surface area (TPSA) is 43.8 Å². The second-order valence-corrected chi connectivity index (χ2v) is 6.06. The van der Waals surface area contributed by atoms with Crippen molar-refractivity contribution in [2.75, 3.05) is 0 Å². The average Bonchev–Trinajstić information content (AvgIpc) is 2.83. The Morgan fingerprint density at radius 1 is 1.45 bits per heavy atom. The minimum Gasteiger partial charge on any atom is -0.328 e. The predicted molar refractivity (Wildman–Crippen MR) is 79.2 cm³/mol. The van der Waals surface area contributed by atoms with Crippen molar-refractivity contribution in [3.63, 3.8) is 0 Å². The zero-order chi connectivity index (χ0) is 14.3. The Labute approximate surface area is 119 Å². The predicted octanol–water partition coefficient (Wildman–Crippen LogP) is 3.35. The van der Waals surface area contributed by atoms with Crippen molar-refractivity contribution in [3.8, 4) is 0 Å². The van der Waals surface area contributed by atoms with Crippen molar-refractivity contribution in [1.29, 1.82) is 0 Å². The van der Waals surface area contributed by atoms with Crippen LogP contribution >= 0.6 is 0 Å². The van der Waals surface area contributed by atoms with Gasteiger partial charge in [0.25, 0.3) is 0 Å². The molecule has 108 valence electrons. The lowest BCUT2D eigenvalue weighted by molar-refractivity contribution is 0.252. The molecule has 2 N–H and O–H groups in total. The van der Waals surface area contributed by atoms with Gasteiger partial charge in [-0.05, 0) is 31.9 Å². The highest BCUT2D eigenvalue weighted by Gasteiger charge is 2.40. The molecule has 3 rings (SSSR count). The molecule has 0 amide bonds. The molecule has 0 spiro atoms. The Morgan fingerprint density at radius 3 is 2.95 bits per heavy atom. The summed E-state index contributed by atoms with van der Waals surface area (Å²) in [6.07, 6.45) is 4.39. The second kappa shape index (κ2) is 4.85. The number of rotatable bonds is 2. The fraction of sp³-hybridized carbons (Fsp3) is 0.562. The third kappa shape index (κ3) is 1.85. The van der Waals surface area contributed by atoms with E-state index in [0.717, 1.165) is 30.7 Å². The number of benzene rings is 1. The number of halogens is 1. The summed E-state index contributed by atoms with van der Waals surface area (Å²) >= 11 is 0. The molecule has 1 aliphatic rings. The maximum Gasteiger partial charge on any atom is 0.151 e. The zero-order valence-corrected chi connectivity index (χ0v) is 12.2. The smallest absolute Gasteiger partial charge is 0.151 e. The minimum atomic E-state index is -0.246. The Balaban J connectivity index is 2.22. The van der Waals surface area contributed by atoms with E-state index < -0.39 is 0 Å². The highest BCUT2D eigenvalue weighted by molar-refractivity contribution is 5.77. The van der Waals surface area contributed by atoms with Crippen LogP contribution in [-0.4, -0.2) is 15.6 Å². The van der Waals surface area contributed by atoms with Crippen molar-refractivity contribution in [3.05, 3.63) is 29.8 Å². The Kier molecular flexibility index (Phi) is 3.28.